The highest BCUT2D eigenvalue weighted by atomic mass is 16.2. The van der Waals surface area contributed by atoms with E-state index in [0.717, 1.165) is 37.1 Å². The zero-order valence-corrected chi connectivity index (χ0v) is 15.7. The predicted octanol–water partition coefficient (Wildman–Crippen LogP) is 3.69. The monoisotopic (exact) mass is 373 g/mol. The second kappa shape index (κ2) is 8.21. The summed E-state index contributed by atoms with van der Waals surface area (Å²) in [5.41, 5.74) is 4.50. The van der Waals surface area contributed by atoms with E-state index in [4.69, 9.17) is 0 Å². The van der Waals surface area contributed by atoms with Gasteiger partial charge in [0.1, 0.15) is 5.82 Å². The molecule has 0 atom stereocenters. The number of fused-ring (bicyclic) bond motifs is 1. The second-order valence-corrected chi connectivity index (χ2v) is 7.20. The van der Waals surface area contributed by atoms with Gasteiger partial charge in [-0.3, -0.25) is 9.59 Å². The summed E-state index contributed by atoms with van der Waals surface area (Å²) in [4.78, 5) is 30.1. The van der Waals surface area contributed by atoms with Crippen molar-refractivity contribution in [1.82, 2.24) is 9.88 Å². The molecule has 2 amide bonds. The van der Waals surface area contributed by atoms with Gasteiger partial charge in [-0.25, -0.2) is 4.98 Å². The maximum absolute atomic E-state index is 12.5. The van der Waals surface area contributed by atoms with Crippen LogP contribution < -0.4 is 5.32 Å². The van der Waals surface area contributed by atoms with Gasteiger partial charge in [-0.1, -0.05) is 42.0 Å². The summed E-state index contributed by atoms with van der Waals surface area (Å²) in [7, 11) is 0. The van der Waals surface area contributed by atoms with E-state index in [1.54, 1.807) is 18.3 Å². The van der Waals surface area contributed by atoms with Crippen LogP contribution in [0.2, 0.25) is 0 Å². The topological polar surface area (TPSA) is 62.3 Å². The summed E-state index contributed by atoms with van der Waals surface area (Å²) in [6, 6.07) is 12.3. The predicted molar refractivity (Wildman–Crippen MR) is 110 cm³/mol. The number of aryl methyl sites for hydroxylation is 1. The molecular formula is C23H23N3O2. The lowest BCUT2D eigenvalue weighted by atomic mass is 10.0. The van der Waals surface area contributed by atoms with Crippen molar-refractivity contribution in [2.24, 2.45) is 0 Å². The zero-order chi connectivity index (χ0) is 19.3. The number of likely N-dealkylation sites (tertiary alicyclic amines) is 1. The van der Waals surface area contributed by atoms with Gasteiger partial charge in [0.15, 0.2) is 0 Å². The van der Waals surface area contributed by atoms with E-state index in [1.807, 2.05) is 29.2 Å². The highest BCUT2D eigenvalue weighted by Crippen LogP contribution is 2.22. The molecule has 0 spiro atoms. The Bertz CT molecular complexity index is 938. The second-order valence-electron chi connectivity index (χ2n) is 7.20. The van der Waals surface area contributed by atoms with Crippen LogP contribution in [0.5, 0.6) is 0 Å². The van der Waals surface area contributed by atoms with E-state index in [-0.39, 0.29) is 11.8 Å². The minimum atomic E-state index is 0.00394. The molecule has 2 aromatic rings. The Kier molecular flexibility index (Phi) is 5.33. The Morgan fingerprint density at radius 3 is 2.61 bits per heavy atom. The van der Waals surface area contributed by atoms with Crippen molar-refractivity contribution >= 4 is 29.8 Å². The number of benzene rings is 1. The molecule has 2 aliphatic heterocycles. The molecule has 1 fully saturated rings. The molecule has 0 bridgehead atoms. The number of rotatable bonds is 3. The number of carbonyl (C=O) groups is 2. The highest BCUT2D eigenvalue weighted by Gasteiger charge is 2.18. The van der Waals surface area contributed by atoms with E-state index >= 15 is 0 Å². The van der Waals surface area contributed by atoms with Crippen molar-refractivity contribution < 1.29 is 9.59 Å². The molecular weight excluding hydrogens is 350 g/mol. The Hall–Kier alpha value is -3.21. The molecule has 3 heterocycles. The summed E-state index contributed by atoms with van der Waals surface area (Å²) in [5, 5.41) is 2.77. The van der Waals surface area contributed by atoms with Gasteiger partial charge in [0.2, 0.25) is 11.8 Å². The van der Waals surface area contributed by atoms with Gasteiger partial charge < -0.3 is 10.2 Å². The number of aromatic nitrogens is 1. The van der Waals surface area contributed by atoms with Crippen molar-refractivity contribution in [3.8, 4) is 0 Å². The van der Waals surface area contributed by atoms with Gasteiger partial charge in [0, 0.05) is 31.8 Å². The maximum Gasteiger partial charge on any atom is 0.246 e. The van der Waals surface area contributed by atoms with Gasteiger partial charge in [0.05, 0.1) is 0 Å². The maximum atomic E-state index is 12.5. The smallest absolute Gasteiger partial charge is 0.246 e. The van der Waals surface area contributed by atoms with Crippen LogP contribution in [-0.2, 0) is 16.0 Å². The number of carbonyl (C=O) groups excluding carboxylic acids is 2. The minimum Gasteiger partial charge on any atom is -0.339 e. The molecule has 4 rings (SSSR count). The molecule has 2 aliphatic rings. The van der Waals surface area contributed by atoms with Crippen LogP contribution in [0.3, 0.4) is 0 Å². The zero-order valence-electron chi connectivity index (χ0n) is 15.7. The van der Waals surface area contributed by atoms with Crippen LogP contribution >= 0.6 is 0 Å². The molecule has 142 valence electrons. The first-order chi connectivity index (χ1) is 13.7. The average Bonchev–Trinajstić information content (AvgIpc) is 2.73. The van der Waals surface area contributed by atoms with E-state index < -0.39 is 0 Å². The molecule has 5 heteroatoms. The van der Waals surface area contributed by atoms with Crippen LogP contribution in [0.15, 0.2) is 54.2 Å². The fraction of sp³-hybridized carbons (Fsp3) is 0.261. The Morgan fingerprint density at radius 2 is 1.82 bits per heavy atom. The fourth-order valence-corrected chi connectivity index (χ4v) is 3.58. The van der Waals surface area contributed by atoms with Crippen molar-refractivity contribution in [3.63, 3.8) is 0 Å². The lowest BCUT2D eigenvalue weighted by Crippen LogP contribution is -2.35. The normalized spacial score (nSPS) is 16.6. The fourth-order valence-electron chi connectivity index (χ4n) is 3.58. The Morgan fingerprint density at radius 1 is 1.04 bits per heavy atom. The SMILES string of the molecule is O=C1CCc2cc(C=CC(=O)N3CCC(=Cc4ccccc4)CC3)cnc2N1. The summed E-state index contributed by atoms with van der Waals surface area (Å²) < 4.78 is 0. The molecule has 5 nitrogen and oxygen atoms in total. The largest absolute Gasteiger partial charge is 0.339 e. The third kappa shape index (κ3) is 4.36. The molecule has 0 unspecified atom stereocenters. The van der Waals surface area contributed by atoms with E-state index in [9.17, 15) is 9.59 Å². The first-order valence-corrected chi connectivity index (χ1v) is 9.68. The van der Waals surface area contributed by atoms with E-state index in [0.29, 0.717) is 18.7 Å². The third-order valence-electron chi connectivity index (χ3n) is 5.17. The Labute approximate surface area is 164 Å². The molecule has 0 saturated carbocycles. The number of amides is 2. The number of piperidine rings is 1. The third-order valence-corrected chi connectivity index (χ3v) is 5.17. The van der Waals surface area contributed by atoms with Crippen molar-refractivity contribution in [1.29, 1.82) is 0 Å². The van der Waals surface area contributed by atoms with Gasteiger partial charge in [0.25, 0.3) is 0 Å². The summed E-state index contributed by atoms with van der Waals surface area (Å²) in [5.74, 6) is 0.669. The minimum absolute atomic E-state index is 0.00394. The molecule has 1 aromatic carbocycles. The number of hydrogen-bond donors (Lipinski definition) is 1. The van der Waals surface area contributed by atoms with Crippen molar-refractivity contribution in [2.45, 2.75) is 25.7 Å². The molecule has 0 aliphatic carbocycles. The quantitative estimate of drug-likeness (QED) is 0.835. The molecule has 28 heavy (non-hydrogen) atoms. The van der Waals surface area contributed by atoms with Crippen LogP contribution in [-0.4, -0.2) is 34.8 Å². The lowest BCUT2D eigenvalue weighted by molar-refractivity contribution is -0.126. The van der Waals surface area contributed by atoms with Crippen LogP contribution in [0.1, 0.15) is 36.0 Å². The molecule has 0 radical (unpaired) electrons. The number of pyridine rings is 1. The number of nitrogens with zero attached hydrogens (tertiary/aromatic N) is 2. The van der Waals surface area contributed by atoms with Crippen LogP contribution in [0.4, 0.5) is 5.82 Å². The van der Waals surface area contributed by atoms with Gasteiger partial charge >= 0.3 is 0 Å². The molecule has 1 aromatic heterocycles. The van der Waals surface area contributed by atoms with Gasteiger partial charge in [-0.2, -0.15) is 0 Å². The first-order valence-electron chi connectivity index (χ1n) is 9.68. The molecule has 1 saturated heterocycles. The first kappa shape index (κ1) is 18.2. The van der Waals surface area contributed by atoms with Gasteiger partial charge in [-0.15, -0.1) is 0 Å². The highest BCUT2D eigenvalue weighted by molar-refractivity contribution is 5.94. The number of anilines is 1. The number of nitrogens with one attached hydrogen (secondary N) is 1. The van der Waals surface area contributed by atoms with Crippen LogP contribution in [0.25, 0.3) is 12.2 Å². The van der Waals surface area contributed by atoms with Crippen LogP contribution in [0, 0.1) is 0 Å². The average molecular weight is 373 g/mol. The van der Waals surface area contributed by atoms with E-state index in [1.165, 1.54) is 11.1 Å². The van der Waals surface area contributed by atoms with Crippen molar-refractivity contribution in [3.05, 3.63) is 70.9 Å². The Balaban J connectivity index is 1.35. The van der Waals surface area contributed by atoms with E-state index in [2.05, 4.69) is 28.5 Å². The summed E-state index contributed by atoms with van der Waals surface area (Å²) in [6.45, 7) is 1.49. The lowest BCUT2D eigenvalue weighted by Gasteiger charge is -2.27. The molecule has 1 N–H and O–H groups in total. The summed E-state index contributed by atoms with van der Waals surface area (Å²) in [6.07, 6.45) is 10.3. The van der Waals surface area contributed by atoms with Crippen molar-refractivity contribution in [2.75, 3.05) is 18.4 Å². The summed E-state index contributed by atoms with van der Waals surface area (Å²) >= 11 is 0. The number of hydrogen-bond acceptors (Lipinski definition) is 3. The standard InChI is InChI=1S/C23H23N3O2/c27-21-8-7-20-15-19(16-24-23(20)25-21)6-9-22(28)26-12-10-18(11-13-26)14-17-4-2-1-3-5-17/h1-6,9,14-16H,7-8,10-13H2,(H,24,25,27). The van der Waals surface area contributed by atoms with Gasteiger partial charge in [-0.05, 0) is 48.1 Å².